The summed E-state index contributed by atoms with van der Waals surface area (Å²) in [6.45, 7) is 6.34. The van der Waals surface area contributed by atoms with Crippen molar-refractivity contribution >= 4 is 23.3 Å². The van der Waals surface area contributed by atoms with Gasteiger partial charge in [0.25, 0.3) is 0 Å². The molecule has 0 saturated carbocycles. The number of pyridine rings is 1. The number of anilines is 2. The molecule has 0 radical (unpaired) electrons. The second-order valence-corrected chi connectivity index (χ2v) is 5.43. The van der Waals surface area contributed by atoms with E-state index in [1.807, 2.05) is 18.0 Å². The number of rotatable bonds is 5. The molecule has 0 bridgehead atoms. The minimum absolute atomic E-state index is 0.626. The van der Waals surface area contributed by atoms with E-state index in [4.69, 9.17) is 0 Å². The van der Waals surface area contributed by atoms with E-state index in [1.54, 1.807) is 0 Å². The molecule has 1 aliphatic rings. The van der Waals surface area contributed by atoms with E-state index in [-0.39, 0.29) is 0 Å². The van der Waals surface area contributed by atoms with E-state index < -0.39 is 0 Å². The summed E-state index contributed by atoms with van der Waals surface area (Å²) in [4.78, 5) is 6.78. The number of nitrogens with zero attached hydrogens (tertiary/aromatic N) is 2. The van der Waals surface area contributed by atoms with E-state index in [0.717, 1.165) is 24.6 Å². The fourth-order valence-electron chi connectivity index (χ4n) is 2.09. The Kier molecular flexibility index (Phi) is 4.54. The van der Waals surface area contributed by atoms with Crippen molar-refractivity contribution in [3.63, 3.8) is 0 Å². The summed E-state index contributed by atoms with van der Waals surface area (Å²) in [7, 11) is 0. The minimum atomic E-state index is 0.626. The Balaban J connectivity index is 1.96. The first-order valence-electron chi connectivity index (χ1n) is 6.38. The summed E-state index contributed by atoms with van der Waals surface area (Å²) in [5.41, 5.74) is 1.15. The number of nitrogens with one attached hydrogen (secondary N) is 1. The number of thioether (sulfide) groups is 1. The molecule has 2 rings (SSSR count). The third kappa shape index (κ3) is 3.28. The van der Waals surface area contributed by atoms with Gasteiger partial charge in [0.15, 0.2) is 0 Å². The molecular weight excluding hydrogens is 230 g/mol. The summed E-state index contributed by atoms with van der Waals surface area (Å²) in [6, 6.07) is 4.88. The second-order valence-electron chi connectivity index (χ2n) is 4.28. The van der Waals surface area contributed by atoms with E-state index >= 15 is 0 Å². The molecule has 0 aliphatic carbocycles. The summed E-state index contributed by atoms with van der Waals surface area (Å²) in [5, 5.41) is 3.54. The van der Waals surface area contributed by atoms with Gasteiger partial charge < -0.3 is 10.2 Å². The number of aromatic nitrogens is 1. The van der Waals surface area contributed by atoms with E-state index in [0.29, 0.717) is 6.04 Å². The van der Waals surface area contributed by atoms with Gasteiger partial charge in [-0.05, 0) is 38.2 Å². The first-order valence-corrected chi connectivity index (χ1v) is 7.54. The van der Waals surface area contributed by atoms with Crippen LogP contribution in [0.15, 0.2) is 18.3 Å². The molecule has 0 spiro atoms. The Morgan fingerprint density at radius 2 is 2.24 bits per heavy atom. The zero-order valence-corrected chi connectivity index (χ0v) is 11.5. The molecule has 94 valence electrons. The first kappa shape index (κ1) is 12.6. The molecule has 0 aromatic carbocycles. The highest BCUT2D eigenvalue weighted by atomic mass is 32.2. The van der Waals surface area contributed by atoms with Crippen molar-refractivity contribution in [1.29, 1.82) is 0 Å². The molecule has 17 heavy (non-hydrogen) atoms. The van der Waals surface area contributed by atoms with Crippen LogP contribution in [-0.4, -0.2) is 35.6 Å². The summed E-state index contributed by atoms with van der Waals surface area (Å²) in [6.07, 6.45) is 3.22. The average molecular weight is 251 g/mol. The van der Waals surface area contributed by atoms with Gasteiger partial charge in [0, 0.05) is 24.9 Å². The van der Waals surface area contributed by atoms with Crippen LogP contribution in [0.5, 0.6) is 0 Å². The third-order valence-electron chi connectivity index (χ3n) is 3.14. The summed E-state index contributed by atoms with van der Waals surface area (Å²) >= 11 is 2.03. The number of hydrogen-bond acceptors (Lipinski definition) is 4. The molecule has 1 atom stereocenters. The third-order valence-corrected chi connectivity index (χ3v) is 4.30. The van der Waals surface area contributed by atoms with Crippen molar-refractivity contribution < 1.29 is 0 Å². The van der Waals surface area contributed by atoms with Crippen molar-refractivity contribution in [1.82, 2.24) is 4.98 Å². The summed E-state index contributed by atoms with van der Waals surface area (Å²) in [5.74, 6) is 3.57. The molecule has 1 saturated heterocycles. The van der Waals surface area contributed by atoms with Crippen molar-refractivity contribution in [3.05, 3.63) is 18.3 Å². The van der Waals surface area contributed by atoms with Crippen LogP contribution < -0.4 is 10.2 Å². The maximum atomic E-state index is 4.52. The van der Waals surface area contributed by atoms with Crippen LogP contribution in [0, 0.1) is 0 Å². The molecule has 1 N–H and O–H groups in total. The first-order chi connectivity index (χ1) is 8.33. The van der Waals surface area contributed by atoms with Gasteiger partial charge in [-0.3, -0.25) is 0 Å². The maximum absolute atomic E-state index is 4.52. The SMILES string of the molecule is CCN(CC)c1ccc(NC2CCSC2)cn1. The maximum Gasteiger partial charge on any atom is 0.128 e. The van der Waals surface area contributed by atoms with Crippen molar-refractivity contribution in [2.24, 2.45) is 0 Å². The van der Waals surface area contributed by atoms with Crippen molar-refractivity contribution in [2.45, 2.75) is 26.3 Å². The van der Waals surface area contributed by atoms with Gasteiger partial charge >= 0.3 is 0 Å². The van der Waals surface area contributed by atoms with Crippen molar-refractivity contribution in [3.8, 4) is 0 Å². The lowest BCUT2D eigenvalue weighted by molar-refractivity contribution is 0.810. The molecule has 3 nitrogen and oxygen atoms in total. The zero-order valence-electron chi connectivity index (χ0n) is 10.6. The fraction of sp³-hybridized carbons (Fsp3) is 0.615. The van der Waals surface area contributed by atoms with Crippen molar-refractivity contribution in [2.75, 3.05) is 34.8 Å². The molecular formula is C13H21N3S. The normalized spacial score (nSPS) is 19.3. The van der Waals surface area contributed by atoms with Crippen LogP contribution in [0.3, 0.4) is 0 Å². The largest absolute Gasteiger partial charge is 0.380 e. The highest BCUT2D eigenvalue weighted by Gasteiger charge is 2.14. The van der Waals surface area contributed by atoms with Gasteiger partial charge in [0.05, 0.1) is 11.9 Å². The quantitative estimate of drug-likeness (QED) is 0.871. The highest BCUT2D eigenvalue weighted by Crippen LogP contribution is 2.22. The van der Waals surface area contributed by atoms with E-state index in [2.05, 4.69) is 41.2 Å². The molecule has 1 aromatic rings. The predicted octanol–water partition coefficient (Wildman–Crippen LogP) is 2.85. The smallest absolute Gasteiger partial charge is 0.128 e. The Labute approximate surface area is 108 Å². The van der Waals surface area contributed by atoms with Crippen LogP contribution in [0.1, 0.15) is 20.3 Å². The lowest BCUT2D eigenvalue weighted by Crippen LogP contribution is -2.23. The van der Waals surface area contributed by atoms with Gasteiger partial charge in [-0.2, -0.15) is 11.8 Å². The highest BCUT2D eigenvalue weighted by molar-refractivity contribution is 7.99. The van der Waals surface area contributed by atoms with Gasteiger partial charge in [0.1, 0.15) is 5.82 Å². The lowest BCUT2D eigenvalue weighted by Gasteiger charge is -2.20. The van der Waals surface area contributed by atoms with Crippen LogP contribution >= 0.6 is 11.8 Å². The zero-order chi connectivity index (χ0) is 12.1. The Morgan fingerprint density at radius 1 is 1.41 bits per heavy atom. The molecule has 2 heterocycles. The van der Waals surface area contributed by atoms with Gasteiger partial charge in [0.2, 0.25) is 0 Å². The van der Waals surface area contributed by atoms with E-state index in [1.165, 1.54) is 17.9 Å². The molecule has 1 fully saturated rings. The Bertz CT molecular complexity index is 329. The van der Waals surface area contributed by atoms with E-state index in [9.17, 15) is 0 Å². The van der Waals surface area contributed by atoms with Crippen LogP contribution in [0.25, 0.3) is 0 Å². The number of hydrogen-bond donors (Lipinski definition) is 1. The topological polar surface area (TPSA) is 28.2 Å². The molecule has 1 aromatic heterocycles. The van der Waals surface area contributed by atoms with Crippen LogP contribution in [-0.2, 0) is 0 Å². The van der Waals surface area contributed by atoms with Gasteiger partial charge in [-0.1, -0.05) is 0 Å². The molecule has 0 amide bonds. The van der Waals surface area contributed by atoms with Gasteiger partial charge in [-0.15, -0.1) is 0 Å². The minimum Gasteiger partial charge on any atom is -0.380 e. The monoisotopic (exact) mass is 251 g/mol. The molecule has 1 unspecified atom stereocenters. The van der Waals surface area contributed by atoms with Crippen LogP contribution in [0.2, 0.25) is 0 Å². The van der Waals surface area contributed by atoms with Gasteiger partial charge in [-0.25, -0.2) is 4.98 Å². The molecule has 1 aliphatic heterocycles. The average Bonchev–Trinajstić information content (AvgIpc) is 2.86. The van der Waals surface area contributed by atoms with Crippen LogP contribution in [0.4, 0.5) is 11.5 Å². The lowest BCUT2D eigenvalue weighted by atomic mass is 10.2. The summed E-state index contributed by atoms with van der Waals surface area (Å²) < 4.78 is 0. The Hall–Kier alpha value is -0.900. The standard InChI is InChI=1S/C13H21N3S/c1-3-16(4-2)13-6-5-11(9-14-13)15-12-7-8-17-10-12/h5-6,9,12,15H,3-4,7-8,10H2,1-2H3. The Morgan fingerprint density at radius 3 is 2.76 bits per heavy atom. The fourth-order valence-corrected chi connectivity index (χ4v) is 3.24. The molecule has 4 heteroatoms. The second kappa shape index (κ2) is 6.15. The predicted molar refractivity (Wildman–Crippen MR) is 77.2 cm³/mol.